The van der Waals surface area contributed by atoms with E-state index in [2.05, 4.69) is 10.2 Å². The van der Waals surface area contributed by atoms with E-state index in [0.717, 1.165) is 0 Å². The van der Waals surface area contributed by atoms with Gasteiger partial charge in [0.25, 0.3) is 0 Å². The zero-order valence-electron chi connectivity index (χ0n) is 8.82. The van der Waals surface area contributed by atoms with Crippen molar-refractivity contribution < 1.29 is 9.13 Å². The minimum absolute atomic E-state index is 0.329. The van der Waals surface area contributed by atoms with Gasteiger partial charge in [-0.15, -0.1) is 0 Å². The Morgan fingerprint density at radius 2 is 2.25 bits per heavy atom. The summed E-state index contributed by atoms with van der Waals surface area (Å²) in [6, 6.07) is 4.47. The standard InChI is InChI=1S/C10H10FN3OS/c1-6-12-13-10(16)14(6)9-5-7(15-2)3-4-8(9)11/h3-5H,1-2H3,(H,13,16). The van der Waals surface area contributed by atoms with Gasteiger partial charge >= 0.3 is 0 Å². The van der Waals surface area contributed by atoms with Crippen molar-refractivity contribution in [3.05, 3.63) is 34.6 Å². The van der Waals surface area contributed by atoms with Crippen molar-refractivity contribution in [2.75, 3.05) is 7.11 Å². The predicted molar refractivity (Wildman–Crippen MR) is 60.0 cm³/mol. The van der Waals surface area contributed by atoms with Crippen molar-refractivity contribution in [1.29, 1.82) is 0 Å². The number of aryl methyl sites for hydroxylation is 1. The van der Waals surface area contributed by atoms with E-state index in [0.29, 0.717) is 22.0 Å². The Kier molecular flexibility index (Phi) is 2.74. The van der Waals surface area contributed by atoms with E-state index < -0.39 is 0 Å². The number of hydrogen-bond acceptors (Lipinski definition) is 3. The quantitative estimate of drug-likeness (QED) is 0.818. The maximum absolute atomic E-state index is 13.7. The summed E-state index contributed by atoms with van der Waals surface area (Å²) in [5, 5.41) is 6.54. The minimum Gasteiger partial charge on any atom is -0.497 e. The molecule has 0 saturated heterocycles. The van der Waals surface area contributed by atoms with Gasteiger partial charge in [0.15, 0.2) is 4.77 Å². The number of H-pyrrole nitrogens is 1. The van der Waals surface area contributed by atoms with Crippen LogP contribution in [0.3, 0.4) is 0 Å². The SMILES string of the molecule is COc1ccc(F)c(-n2c(C)n[nH]c2=S)c1. The largest absolute Gasteiger partial charge is 0.497 e. The van der Waals surface area contributed by atoms with Crippen molar-refractivity contribution in [2.24, 2.45) is 0 Å². The van der Waals surface area contributed by atoms with Crippen LogP contribution in [0.1, 0.15) is 5.82 Å². The highest BCUT2D eigenvalue weighted by Crippen LogP contribution is 2.21. The van der Waals surface area contributed by atoms with E-state index in [4.69, 9.17) is 17.0 Å². The first-order valence-electron chi connectivity index (χ1n) is 4.61. The Morgan fingerprint density at radius 3 is 2.81 bits per heavy atom. The zero-order chi connectivity index (χ0) is 11.7. The van der Waals surface area contributed by atoms with Gasteiger partial charge < -0.3 is 4.74 Å². The molecule has 2 aromatic rings. The molecule has 0 amide bonds. The first-order valence-corrected chi connectivity index (χ1v) is 5.02. The molecule has 1 heterocycles. The number of nitrogens with zero attached hydrogens (tertiary/aromatic N) is 2. The van der Waals surface area contributed by atoms with Crippen LogP contribution in [0.4, 0.5) is 4.39 Å². The fraction of sp³-hybridized carbons (Fsp3) is 0.200. The lowest BCUT2D eigenvalue weighted by Crippen LogP contribution is -2.01. The van der Waals surface area contributed by atoms with Crippen LogP contribution in [0.2, 0.25) is 0 Å². The third kappa shape index (κ3) is 1.71. The number of nitrogens with one attached hydrogen (secondary N) is 1. The Labute approximate surface area is 96.7 Å². The first-order chi connectivity index (χ1) is 7.63. The van der Waals surface area contributed by atoms with Crippen LogP contribution in [-0.4, -0.2) is 21.9 Å². The average Bonchev–Trinajstić information content (AvgIpc) is 2.60. The van der Waals surface area contributed by atoms with Crippen LogP contribution >= 0.6 is 12.2 Å². The summed E-state index contributed by atoms with van der Waals surface area (Å²) in [7, 11) is 1.53. The fourth-order valence-electron chi connectivity index (χ4n) is 1.45. The molecule has 84 valence electrons. The second kappa shape index (κ2) is 4.05. The summed E-state index contributed by atoms with van der Waals surface area (Å²) in [4.78, 5) is 0. The first kappa shape index (κ1) is 10.8. The van der Waals surface area contributed by atoms with Crippen LogP contribution < -0.4 is 4.74 Å². The van der Waals surface area contributed by atoms with Crippen LogP contribution in [-0.2, 0) is 0 Å². The zero-order valence-corrected chi connectivity index (χ0v) is 9.64. The van der Waals surface area contributed by atoms with E-state index in [1.807, 2.05) is 0 Å². The summed E-state index contributed by atoms with van der Waals surface area (Å²) in [6.07, 6.45) is 0. The monoisotopic (exact) mass is 239 g/mol. The molecule has 0 aliphatic heterocycles. The van der Waals surface area contributed by atoms with E-state index >= 15 is 0 Å². The van der Waals surface area contributed by atoms with Crippen molar-refractivity contribution in [3.63, 3.8) is 0 Å². The number of halogens is 1. The van der Waals surface area contributed by atoms with Gasteiger partial charge in [-0.05, 0) is 31.3 Å². The van der Waals surface area contributed by atoms with E-state index in [1.165, 1.54) is 17.7 Å². The number of benzene rings is 1. The molecule has 6 heteroatoms. The lowest BCUT2D eigenvalue weighted by atomic mass is 10.3. The highest BCUT2D eigenvalue weighted by molar-refractivity contribution is 7.71. The summed E-state index contributed by atoms with van der Waals surface area (Å²) in [5.74, 6) is 0.789. The summed E-state index contributed by atoms with van der Waals surface area (Å²) in [6.45, 7) is 1.74. The van der Waals surface area contributed by atoms with Gasteiger partial charge in [-0.3, -0.25) is 9.67 Å². The van der Waals surface area contributed by atoms with Gasteiger partial charge in [-0.25, -0.2) is 4.39 Å². The molecule has 0 fully saturated rings. The van der Waals surface area contributed by atoms with Gasteiger partial charge in [0.05, 0.1) is 12.8 Å². The van der Waals surface area contributed by atoms with E-state index in [9.17, 15) is 4.39 Å². The van der Waals surface area contributed by atoms with Crippen LogP contribution in [0, 0.1) is 17.5 Å². The topological polar surface area (TPSA) is 42.8 Å². The normalized spacial score (nSPS) is 10.4. The highest BCUT2D eigenvalue weighted by atomic mass is 32.1. The molecule has 0 radical (unpaired) electrons. The molecule has 0 aliphatic carbocycles. The molecule has 16 heavy (non-hydrogen) atoms. The summed E-state index contributed by atoms with van der Waals surface area (Å²) < 4.78 is 20.6. The Bertz CT molecular complexity index is 576. The minimum atomic E-state index is -0.374. The summed E-state index contributed by atoms with van der Waals surface area (Å²) in [5.41, 5.74) is 0.329. The number of aromatic amines is 1. The van der Waals surface area contributed by atoms with Gasteiger partial charge in [0.2, 0.25) is 0 Å². The smallest absolute Gasteiger partial charge is 0.199 e. The van der Waals surface area contributed by atoms with Crippen molar-refractivity contribution in [3.8, 4) is 11.4 Å². The number of aromatic nitrogens is 3. The molecule has 0 bridgehead atoms. The maximum atomic E-state index is 13.7. The van der Waals surface area contributed by atoms with Crippen molar-refractivity contribution >= 4 is 12.2 Å². The highest BCUT2D eigenvalue weighted by Gasteiger charge is 2.10. The van der Waals surface area contributed by atoms with Gasteiger partial charge in [0.1, 0.15) is 17.4 Å². The van der Waals surface area contributed by atoms with Gasteiger partial charge in [0, 0.05) is 6.07 Å². The molecule has 2 rings (SSSR count). The summed E-state index contributed by atoms with van der Waals surface area (Å²) >= 11 is 5.03. The number of methoxy groups -OCH3 is 1. The number of rotatable bonds is 2. The average molecular weight is 239 g/mol. The molecule has 1 N–H and O–H groups in total. The second-order valence-corrected chi connectivity index (χ2v) is 3.62. The predicted octanol–water partition coefficient (Wildman–Crippen LogP) is 2.39. The molecule has 0 saturated carbocycles. The molecule has 0 aliphatic rings. The van der Waals surface area contributed by atoms with Crippen LogP contribution in [0.25, 0.3) is 5.69 Å². The Hall–Kier alpha value is -1.69. The fourth-order valence-corrected chi connectivity index (χ4v) is 1.73. The maximum Gasteiger partial charge on any atom is 0.199 e. The van der Waals surface area contributed by atoms with E-state index in [-0.39, 0.29) is 5.82 Å². The molecule has 0 unspecified atom stereocenters. The Balaban J connectivity index is 2.68. The van der Waals surface area contributed by atoms with Crippen molar-refractivity contribution in [1.82, 2.24) is 14.8 Å². The molecule has 0 spiro atoms. The molecular formula is C10H10FN3OS. The Morgan fingerprint density at radius 1 is 1.50 bits per heavy atom. The third-order valence-corrected chi connectivity index (χ3v) is 2.51. The molecular weight excluding hydrogens is 229 g/mol. The lowest BCUT2D eigenvalue weighted by Gasteiger charge is -2.07. The van der Waals surface area contributed by atoms with Crippen LogP contribution in [0.15, 0.2) is 18.2 Å². The second-order valence-electron chi connectivity index (χ2n) is 3.23. The number of hydrogen-bond donors (Lipinski definition) is 1. The lowest BCUT2D eigenvalue weighted by molar-refractivity contribution is 0.413. The molecule has 0 atom stereocenters. The van der Waals surface area contributed by atoms with E-state index in [1.54, 1.807) is 19.1 Å². The number of ether oxygens (including phenoxy) is 1. The van der Waals surface area contributed by atoms with Gasteiger partial charge in [-0.1, -0.05) is 0 Å². The molecule has 4 nitrogen and oxygen atoms in total. The molecule has 1 aromatic carbocycles. The third-order valence-electron chi connectivity index (χ3n) is 2.23. The van der Waals surface area contributed by atoms with Crippen molar-refractivity contribution in [2.45, 2.75) is 6.92 Å². The van der Waals surface area contributed by atoms with Crippen LogP contribution in [0.5, 0.6) is 5.75 Å². The molecule has 1 aromatic heterocycles. The van der Waals surface area contributed by atoms with Gasteiger partial charge in [-0.2, -0.15) is 5.10 Å².